The molecule has 9 heteroatoms. The molecule has 6 aliphatic carbocycles. The molecule has 4 fully saturated rings. The summed E-state index contributed by atoms with van der Waals surface area (Å²) in [5.41, 5.74) is 24.2. The van der Waals surface area contributed by atoms with E-state index in [-0.39, 0.29) is 34.5 Å². The third-order valence-corrected chi connectivity index (χ3v) is 20.5. The summed E-state index contributed by atoms with van der Waals surface area (Å²) >= 11 is 7.45. The maximum atomic E-state index is 8.87. The topological polar surface area (TPSA) is 136 Å². The van der Waals surface area contributed by atoms with E-state index < -0.39 is 7.12 Å². The number of rotatable bonds is 3. The van der Waals surface area contributed by atoms with E-state index in [9.17, 15) is 0 Å². The fraction of sp³-hybridized carbons (Fsp3) is 0.408. The molecule has 414 valence electrons. The summed E-state index contributed by atoms with van der Waals surface area (Å²) in [4.78, 5) is 0. The summed E-state index contributed by atoms with van der Waals surface area (Å²) < 4.78 is 2.46. The molecule has 7 aromatic rings. The van der Waals surface area contributed by atoms with Gasteiger partial charge in [0.2, 0.25) is 0 Å². The minimum Gasteiger partial charge on any atom is -0.423 e. The van der Waals surface area contributed by atoms with Crippen molar-refractivity contribution >= 4 is 44.4 Å². The van der Waals surface area contributed by atoms with Crippen LogP contribution in [0.4, 0.5) is 0 Å². The molecule has 7 aromatic carbocycles. The van der Waals surface area contributed by atoms with Crippen molar-refractivity contribution in [3.63, 3.8) is 0 Å². The number of hydrogen-bond donors (Lipinski definition) is 2. The van der Waals surface area contributed by atoms with E-state index in [1.165, 1.54) is 147 Å². The number of hydrogen-bond acceptors (Lipinski definition) is 6. The smallest absolute Gasteiger partial charge is 0.423 e. The van der Waals surface area contributed by atoms with Crippen molar-refractivity contribution in [2.75, 3.05) is 0 Å². The second kappa shape index (κ2) is 22.9. The molecule has 0 unspecified atom stereocenters. The van der Waals surface area contributed by atoms with E-state index in [1.54, 1.807) is 34.4 Å². The molecular weight excluding hydrogens is 1110 g/mol. The van der Waals surface area contributed by atoms with Crippen molar-refractivity contribution in [1.82, 2.24) is 0 Å². The van der Waals surface area contributed by atoms with Gasteiger partial charge in [-0.1, -0.05) is 236 Å². The summed E-state index contributed by atoms with van der Waals surface area (Å²) in [7, 11) is -1.37. The minimum absolute atomic E-state index is 0. The Morgan fingerprint density at radius 1 is 0.350 bits per heavy atom. The van der Waals surface area contributed by atoms with Crippen molar-refractivity contribution in [2.24, 2.45) is 0 Å². The van der Waals surface area contributed by atoms with Gasteiger partial charge in [0.1, 0.15) is 0 Å². The highest BCUT2D eigenvalue weighted by Crippen LogP contribution is 2.71. The predicted octanol–water partition coefficient (Wildman–Crippen LogP) is 19.2. The van der Waals surface area contributed by atoms with Crippen LogP contribution in [0.2, 0.25) is 0 Å². The Hall–Kier alpha value is -5.68. The Labute approximate surface area is 495 Å². The van der Waals surface area contributed by atoms with Crippen molar-refractivity contribution in [3.05, 3.63) is 193 Å². The summed E-state index contributed by atoms with van der Waals surface area (Å²) in [6, 6.07) is 54.8. The standard InChI is InChI=1S/C40H44.C20H18Br2.C10H15BO2.CH4.2N2/c1-37(2,3)31-15-9-27(10-16-31)29-13-19-33-34-20-14-30(28-11-17-32(18-12-28)38(4,5)6)26-36(34)40-23-7-21-39(40,22-8-24-40)35(33)25-29;21-13-3-5-15-16-6-4-14(22)12-18(16)20-8-1-7-19(20,9-2-10-20)17(15)11-13;1-10(2,3)8-4-6-9(7-5-8)11(12)13;;2*1-2/h9-20,25-26H,7-8,21-24H2,1-6H3;3-6,11-12H,1-2,7-10H2;4-7,12-13H,1-3H3;1H4;;. The highest BCUT2D eigenvalue weighted by Gasteiger charge is 2.63. The van der Waals surface area contributed by atoms with Crippen molar-refractivity contribution in [2.45, 2.75) is 185 Å². The molecule has 6 nitrogen and oxygen atoms in total. The van der Waals surface area contributed by atoms with Gasteiger partial charge in [-0.25, -0.2) is 0 Å². The van der Waals surface area contributed by atoms with Gasteiger partial charge in [-0.15, -0.1) is 0 Å². The zero-order valence-corrected chi connectivity index (χ0v) is 51.0. The van der Waals surface area contributed by atoms with Gasteiger partial charge in [-0.3, -0.25) is 0 Å². The monoisotopic (exact) mass is 1190 g/mol. The summed E-state index contributed by atoms with van der Waals surface area (Å²) in [6.07, 6.45) is 16.2. The molecule has 6 aliphatic rings. The molecule has 0 aromatic heterocycles. The van der Waals surface area contributed by atoms with E-state index in [2.05, 4.69) is 216 Å². The predicted molar refractivity (Wildman–Crippen MR) is 338 cm³/mol. The number of benzene rings is 7. The molecule has 0 aliphatic heterocycles. The zero-order chi connectivity index (χ0) is 56.9. The first-order valence-corrected chi connectivity index (χ1v) is 30.2. The molecule has 0 radical (unpaired) electrons. The van der Waals surface area contributed by atoms with Crippen LogP contribution in [0.5, 0.6) is 0 Å². The Bertz CT molecular complexity index is 3180. The van der Waals surface area contributed by atoms with E-state index in [4.69, 9.17) is 31.6 Å². The zero-order valence-electron chi connectivity index (χ0n) is 47.9. The molecule has 0 amide bonds. The second-order valence-electron chi connectivity index (χ2n) is 26.5. The lowest BCUT2D eigenvalue weighted by molar-refractivity contribution is 0.299. The Balaban J connectivity index is 0.000000176. The van der Waals surface area contributed by atoms with E-state index in [0.717, 1.165) is 0 Å². The lowest BCUT2D eigenvalue weighted by Crippen LogP contribution is -2.43. The van der Waals surface area contributed by atoms with Crippen LogP contribution in [0.25, 0.3) is 44.5 Å². The third kappa shape index (κ3) is 10.4. The van der Waals surface area contributed by atoms with Gasteiger partial charge in [-0.2, -0.15) is 0 Å². The summed E-state index contributed by atoms with van der Waals surface area (Å²) in [5.74, 6) is 0. The molecular formula is C71H81BBr2N4O2. The van der Waals surface area contributed by atoms with E-state index in [0.29, 0.717) is 16.3 Å². The van der Waals surface area contributed by atoms with Crippen LogP contribution >= 0.6 is 31.9 Å². The Kier molecular flexibility index (Phi) is 17.3. The highest BCUT2D eigenvalue weighted by molar-refractivity contribution is 9.10. The molecule has 0 bridgehead atoms. The highest BCUT2D eigenvalue weighted by atomic mass is 79.9. The molecule has 13 rings (SSSR count). The summed E-state index contributed by atoms with van der Waals surface area (Å²) in [5, 5.41) is 41.7. The van der Waals surface area contributed by atoms with Gasteiger partial charge in [0.05, 0.1) is 0 Å². The lowest BCUT2D eigenvalue weighted by Gasteiger charge is -2.48. The van der Waals surface area contributed by atoms with Gasteiger partial charge >= 0.3 is 7.12 Å². The molecule has 0 heterocycles. The summed E-state index contributed by atoms with van der Waals surface area (Å²) in [6.45, 7) is 20.1. The van der Waals surface area contributed by atoms with Gasteiger partial charge in [0, 0.05) is 52.2 Å². The first-order chi connectivity index (χ1) is 37.6. The quantitative estimate of drug-likeness (QED) is 0.134. The average Bonchev–Trinajstić information content (AvgIpc) is 4.41. The number of nitrogens with zero attached hydrogens (tertiary/aromatic N) is 4. The van der Waals surface area contributed by atoms with Crippen molar-refractivity contribution in [3.8, 4) is 44.5 Å². The van der Waals surface area contributed by atoms with Crippen molar-refractivity contribution < 1.29 is 10.0 Å². The lowest BCUT2D eigenvalue weighted by atomic mass is 9.55. The van der Waals surface area contributed by atoms with Crippen molar-refractivity contribution in [1.29, 1.82) is 21.6 Å². The van der Waals surface area contributed by atoms with Gasteiger partial charge in [0.15, 0.2) is 0 Å². The molecule has 80 heavy (non-hydrogen) atoms. The Morgan fingerprint density at radius 2 is 0.588 bits per heavy atom. The van der Waals surface area contributed by atoms with Crippen LogP contribution < -0.4 is 5.46 Å². The third-order valence-electron chi connectivity index (χ3n) is 19.5. The Morgan fingerprint density at radius 3 is 0.850 bits per heavy atom. The first kappa shape index (κ1) is 60.4. The number of halogens is 2. The SMILES string of the molecule is Brc1ccc2c(c1)C13CCCC1(CCC3)c1cc(Br)ccc1-2.C.CC(C)(C)c1ccc(-c2ccc3c(c2)C24CCCC2(CCC4)c2cc(-c4ccc(C(C)(C)C)cc4)ccc2-3)cc1.CC(C)(C)c1ccc(B(O)O)cc1.N#N.N#N. The van der Waals surface area contributed by atoms with Crippen LogP contribution in [0.15, 0.2) is 155 Å². The van der Waals surface area contributed by atoms with Gasteiger partial charge in [0.25, 0.3) is 0 Å². The van der Waals surface area contributed by atoms with Crippen LogP contribution in [0, 0.1) is 21.6 Å². The second-order valence-corrected chi connectivity index (χ2v) is 28.4. The maximum Gasteiger partial charge on any atom is 0.488 e. The van der Waals surface area contributed by atoms with E-state index >= 15 is 0 Å². The molecule has 0 atom stereocenters. The fourth-order valence-electron chi connectivity index (χ4n) is 15.8. The van der Waals surface area contributed by atoms with Crippen LogP contribution in [0.3, 0.4) is 0 Å². The molecule has 2 N–H and O–H groups in total. The molecule has 0 saturated heterocycles. The maximum absolute atomic E-state index is 8.87. The van der Waals surface area contributed by atoms with Gasteiger partial charge < -0.3 is 10.0 Å². The van der Waals surface area contributed by atoms with Crippen LogP contribution in [-0.2, 0) is 37.9 Å². The normalized spacial score (nSPS) is 22.2. The number of fused-ring (bicyclic) bond motifs is 6. The van der Waals surface area contributed by atoms with E-state index in [1.807, 2.05) is 12.1 Å². The first-order valence-electron chi connectivity index (χ1n) is 28.6. The van der Waals surface area contributed by atoms with Crippen LogP contribution in [-0.4, -0.2) is 17.2 Å². The van der Waals surface area contributed by atoms with Gasteiger partial charge in [-0.05, 0) is 193 Å². The largest absolute Gasteiger partial charge is 0.488 e. The minimum atomic E-state index is -1.37. The molecule has 4 saturated carbocycles. The molecule has 0 spiro atoms. The average molecular weight is 1190 g/mol. The fourth-order valence-corrected chi connectivity index (χ4v) is 16.5. The van der Waals surface area contributed by atoms with Crippen LogP contribution in [0.1, 0.15) is 186 Å².